The van der Waals surface area contributed by atoms with Crippen molar-refractivity contribution >= 4 is 17.7 Å². The van der Waals surface area contributed by atoms with E-state index in [4.69, 9.17) is 10.5 Å². The van der Waals surface area contributed by atoms with Crippen molar-refractivity contribution in [2.75, 3.05) is 5.32 Å². The van der Waals surface area contributed by atoms with Gasteiger partial charge in [-0.25, -0.2) is 4.79 Å². The largest absolute Gasteiger partial charge is 0.445 e. The Morgan fingerprint density at radius 2 is 1.76 bits per heavy atom. The van der Waals surface area contributed by atoms with Crippen LogP contribution in [0.4, 0.5) is 10.5 Å². The molecule has 0 aromatic heterocycles. The molecule has 4 N–H and O–H groups in total. The van der Waals surface area contributed by atoms with Gasteiger partial charge in [-0.3, -0.25) is 4.79 Å². The SMILES string of the molecule is CC(CC(C)C(=O)Nc1ccc(C2CC2N)cc1)NC(=O)OCc1ccccc1. The maximum absolute atomic E-state index is 12.5. The molecule has 1 aliphatic rings. The van der Waals surface area contributed by atoms with Crippen molar-refractivity contribution in [1.29, 1.82) is 0 Å². The first-order chi connectivity index (χ1) is 13.9. The van der Waals surface area contributed by atoms with Gasteiger partial charge in [0.25, 0.3) is 0 Å². The number of nitrogens with one attached hydrogen (secondary N) is 2. The fourth-order valence-corrected chi connectivity index (χ4v) is 3.34. The highest BCUT2D eigenvalue weighted by Crippen LogP contribution is 2.39. The lowest BCUT2D eigenvalue weighted by Gasteiger charge is -2.18. The lowest BCUT2D eigenvalue weighted by atomic mass is 10.0. The van der Waals surface area contributed by atoms with Crippen LogP contribution < -0.4 is 16.4 Å². The van der Waals surface area contributed by atoms with Crippen molar-refractivity contribution in [2.45, 2.75) is 51.3 Å². The van der Waals surface area contributed by atoms with E-state index < -0.39 is 6.09 Å². The summed E-state index contributed by atoms with van der Waals surface area (Å²) in [5, 5.41) is 5.71. The molecule has 0 saturated heterocycles. The molecule has 6 heteroatoms. The third kappa shape index (κ3) is 6.32. The molecule has 1 aliphatic carbocycles. The van der Waals surface area contributed by atoms with Crippen LogP contribution in [0, 0.1) is 5.92 Å². The normalized spacial score (nSPS) is 19.7. The first-order valence-electron chi connectivity index (χ1n) is 10.1. The van der Waals surface area contributed by atoms with Gasteiger partial charge in [-0.15, -0.1) is 0 Å². The molecule has 0 bridgehead atoms. The van der Waals surface area contributed by atoms with Gasteiger partial charge >= 0.3 is 6.09 Å². The summed E-state index contributed by atoms with van der Waals surface area (Å²) >= 11 is 0. The van der Waals surface area contributed by atoms with Crippen LogP contribution in [-0.2, 0) is 16.1 Å². The number of ether oxygens (including phenoxy) is 1. The van der Waals surface area contributed by atoms with Gasteiger partial charge in [0.05, 0.1) is 0 Å². The van der Waals surface area contributed by atoms with Crippen LogP contribution in [0.15, 0.2) is 54.6 Å². The molecule has 2 aromatic rings. The molecule has 4 unspecified atom stereocenters. The van der Waals surface area contributed by atoms with Gasteiger partial charge in [-0.1, -0.05) is 49.4 Å². The minimum absolute atomic E-state index is 0.0767. The highest BCUT2D eigenvalue weighted by atomic mass is 16.5. The van der Waals surface area contributed by atoms with E-state index in [1.165, 1.54) is 5.56 Å². The van der Waals surface area contributed by atoms with Crippen LogP contribution in [0.5, 0.6) is 0 Å². The molecule has 6 nitrogen and oxygen atoms in total. The standard InChI is InChI=1S/C23H29N3O3/c1-15(12-16(2)25-23(28)29-14-17-6-4-3-5-7-17)22(27)26-19-10-8-18(9-11-19)20-13-21(20)24/h3-11,15-16,20-21H,12-14,24H2,1-2H3,(H,25,28)(H,26,27). The Labute approximate surface area is 171 Å². The molecule has 1 saturated carbocycles. The molecule has 0 heterocycles. The fourth-order valence-electron chi connectivity index (χ4n) is 3.34. The van der Waals surface area contributed by atoms with E-state index in [-0.39, 0.29) is 30.5 Å². The van der Waals surface area contributed by atoms with Crippen LogP contribution in [0.3, 0.4) is 0 Å². The Morgan fingerprint density at radius 3 is 2.38 bits per heavy atom. The summed E-state index contributed by atoms with van der Waals surface area (Å²) in [5.74, 6) is 0.121. The summed E-state index contributed by atoms with van der Waals surface area (Å²) in [7, 11) is 0. The zero-order chi connectivity index (χ0) is 20.8. The topological polar surface area (TPSA) is 93.5 Å². The predicted octanol–water partition coefficient (Wildman–Crippen LogP) is 3.78. The summed E-state index contributed by atoms with van der Waals surface area (Å²) in [5.41, 5.74) is 8.79. The fraction of sp³-hybridized carbons (Fsp3) is 0.391. The number of benzene rings is 2. The number of carbonyl (C=O) groups excluding carboxylic acids is 2. The molecule has 0 aliphatic heterocycles. The summed E-state index contributed by atoms with van der Waals surface area (Å²) < 4.78 is 5.22. The quantitative estimate of drug-likeness (QED) is 0.634. The molecular formula is C23H29N3O3. The first kappa shape index (κ1) is 20.9. The zero-order valence-electron chi connectivity index (χ0n) is 16.9. The number of hydrogen-bond acceptors (Lipinski definition) is 4. The Hall–Kier alpha value is -2.86. The van der Waals surface area contributed by atoms with Gasteiger partial charge in [0.15, 0.2) is 0 Å². The number of anilines is 1. The van der Waals surface area contributed by atoms with E-state index in [9.17, 15) is 9.59 Å². The summed E-state index contributed by atoms with van der Waals surface area (Å²) in [6.07, 6.45) is 1.06. The number of rotatable bonds is 8. The maximum Gasteiger partial charge on any atom is 0.407 e. The van der Waals surface area contributed by atoms with Crippen LogP contribution in [-0.4, -0.2) is 24.1 Å². The van der Waals surface area contributed by atoms with E-state index in [2.05, 4.69) is 10.6 Å². The highest BCUT2D eigenvalue weighted by Gasteiger charge is 2.34. The van der Waals surface area contributed by atoms with Crippen molar-refractivity contribution in [1.82, 2.24) is 5.32 Å². The molecule has 4 atom stereocenters. The second-order valence-electron chi connectivity index (χ2n) is 7.86. The molecule has 2 amide bonds. The molecule has 29 heavy (non-hydrogen) atoms. The van der Waals surface area contributed by atoms with Crippen molar-refractivity contribution < 1.29 is 14.3 Å². The Morgan fingerprint density at radius 1 is 1.10 bits per heavy atom. The first-order valence-corrected chi connectivity index (χ1v) is 10.1. The highest BCUT2D eigenvalue weighted by molar-refractivity contribution is 5.92. The van der Waals surface area contributed by atoms with E-state index in [1.54, 1.807) is 0 Å². The third-order valence-electron chi connectivity index (χ3n) is 5.18. The number of hydrogen-bond donors (Lipinski definition) is 3. The lowest BCUT2D eigenvalue weighted by Crippen LogP contribution is -2.36. The third-order valence-corrected chi connectivity index (χ3v) is 5.18. The summed E-state index contributed by atoms with van der Waals surface area (Å²) in [4.78, 5) is 24.4. The summed E-state index contributed by atoms with van der Waals surface area (Å²) in [6.45, 7) is 3.93. The minimum atomic E-state index is -0.483. The van der Waals surface area contributed by atoms with Gasteiger partial charge in [0, 0.05) is 29.6 Å². The van der Waals surface area contributed by atoms with Crippen LogP contribution in [0.25, 0.3) is 0 Å². The predicted molar refractivity (Wildman–Crippen MR) is 113 cm³/mol. The number of carbonyl (C=O) groups is 2. The number of alkyl carbamates (subject to hydrolysis) is 1. The smallest absolute Gasteiger partial charge is 0.407 e. The average Bonchev–Trinajstić information content (AvgIpc) is 3.44. The molecule has 154 valence electrons. The van der Waals surface area contributed by atoms with Crippen molar-refractivity contribution in [2.24, 2.45) is 11.7 Å². The van der Waals surface area contributed by atoms with E-state index in [0.717, 1.165) is 17.7 Å². The van der Waals surface area contributed by atoms with Crippen molar-refractivity contribution in [3.63, 3.8) is 0 Å². The maximum atomic E-state index is 12.5. The Balaban J connectivity index is 1.39. The second kappa shape index (κ2) is 9.56. The molecule has 2 aromatic carbocycles. The number of amides is 2. The lowest BCUT2D eigenvalue weighted by molar-refractivity contribution is -0.119. The van der Waals surface area contributed by atoms with E-state index in [0.29, 0.717) is 12.3 Å². The molecule has 0 radical (unpaired) electrons. The minimum Gasteiger partial charge on any atom is -0.445 e. The van der Waals surface area contributed by atoms with E-state index >= 15 is 0 Å². The van der Waals surface area contributed by atoms with Gasteiger partial charge in [-0.05, 0) is 43.0 Å². The van der Waals surface area contributed by atoms with E-state index in [1.807, 2.05) is 68.4 Å². The van der Waals surface area contributed by atoms with Crippen LogP contribution in [0.1, 0.15) is 43.7 Å². The molecule has 3 rings (SSSR count). The Kier molecular flexibility index (Phi) is 6.88. The summed E-state index contributed by atoms with van der Waals surface area (Å²) in [6, 6.07) is 17.4. The monoisotopic (exact) mass is 395 g/mol. The second-order valence-corrected chi connectivity index (χ2v) is 7.86. The Bertz CT molecular complexity index is 823. The van der Waals surface area contributed by atoms with Gasteiger partial charge in [-0.2, -0.15) is 0 Å². The van der Waals surface area contributed by atoms with Gasteiger partial charge in [0.1, 0.15) is 6.61 Å². The van der Waals surface area contributed by atoms with Crippen LogP contribution >= 0.6 is 0 Å². The van der Waals surface area contributed by atoms with Crippen molar-refractivity contribution in [3.05, 3.63) is 65.7 Å². The molecule has 0 spiro atoms. The number of nitrogens with two attached hydrogens (primary N) is 1. The molecule has 1 fully saturated rings. The van der Waals surface area contributed by atoms with Crippen molar-refractivity contribution in [3.8, 4) is 0 Å². The molecular weight excluding hydrogens is 366 g/mol. The zero-order valence-corrected chi connectivity index (χ0v) is 16.9. The average molecular weight is 396 g/mol. The van der Waals surface area contributed by atoms with Crippen LogP contribution in [0.2, 0.25) is 0 Å². The van der Waals surface area contributed by atoms with Gasteiger partial charge in [0.2, 0.25) is 5.91 Å². The van der Waals surface area contributed by atoms with Gasteiger partial charge < -0.3 is 21.1 Å².